The van der Waals surface area contributed by atoms with Gasteiger partial charge >= 0.3 is 0 Å². The van der Waals surface area contributed by atoms with E-state index >= 15 is 0 Å². The summed E-state index contributed by atoms with van der Waals surface area (Å²) in [7, 11) is 0. The van der Waals surface area contributed by atoms with Crippen molar-refractivity contribution >= 4 is 58.0 Å². The van der Waals surface area contributed by atoms with E-state index in [1.54, 1.807) is 18.2 Å². The maximum absolute atomic E-state index is 10.7. The highest BCUT2D eigenvalue weighted by Crippen LogP contribution is 2.52. The molecular formula is C9H6Cl5O. The molecule has 0 fully saturated rings. The highest BCUT2D eigenvalue weighted by molar-refractivity contribution is 6.75. The van der Waals surface area contributed by atoms with Crippen LogP contribution in [-0.2, 0) is 16.0 Å². The van der Waals surface area contributed by atoms with Crippen molar-refractivity contribution in [2.45, 2.75) is 14.7 Å². The van der Waals surface area contributed by atoms with Gasteiger partial charge in [-0.2, -0.15) is 0 Å². The molecular weight excluding hydrogens is 301 g/mol. The Morgan fingerprint density at radius 2 is 1.67 bits per heavy atom. The smallest absolute Gasteiger partial charge is 0.227 e. The van der Waals surface area contributed by atoms with E-state index < -0.39 is 8.13 Å². The first-order valence-electron chi connectivity index (χ1n) is 3.91. The number of halogens is 5. The summed E-state index contributed by atoms with van der Waals surface area (Å²) < 4.78 is -3.54. The van der Waals surface area contributed by atoms with E-state index in [-0.39, 0.29) is 6.61 Å². The van der Waals surface area contributed by atoms with E-state index in [4.69, 9.17) is 58.0 Å². The fourth-order valence-corrected chi connectivity index (χ4v) is 1.58. The summed E-state index contributed by atoms with van der Waals surface area (Å²) in [4.78, 5) is 0. The molecule has 0 unspecified atom stereocenters. The molecule has 0 aliphatic rings. The van der Waals surface area contributed by atoms with E-state index in [0.29, 0.717) is 11.1 Å². The van der Waals surface area contributed by atoms with Gasteiger partial charge in [-0.05, 0) is 11.1 Å². The number of rotatable bonds is 2. The predicted octanol–water partition coefficient (Wildman–Crippen LogP) is 4.62. The first-order valence-corrected chi connectivity index (χ1v) is 5.80. The van der Waals surface area contributed by atoms with Crippen LogP contribution < -0.4 is 0 Å². The first kappa shape index (κ1) is 13.7. The molecule has 0 amide bonds. The minimum absolute atomic E-state index is 0.377. The van der Waals surface area contributed by atoms with Crippen molar-refractivity contribution in [3.8, 4) is 0 Å². The zero-order chi connectivity index (χ0) is 11.7. The summed E-state index contributed by atoms with van der Waals surface area (Å²) in [5.41, 5.74) is 0.923. The standard InChI is InChI=1S/C9H6Cl5O/c10-8(11,9(12,13)14)7-3-1-2-6(4-7)5-15/h1-4H,5H2. The monoisotopic (exact) mass is 305 g/mol. The van der Waals surface area contributed by atoms with Gasteiger partial charge in [0, 0.05) is 0 Å². The van der Waals surface area contributed by atoms with Gasteiger partial charge in [0.25, 0.3) is 0 Å². The normalized spacial score (nSPS) is 12.9. The van der Waals surface area contributed by atoms with Crippen LogP contribution >= 0.6 is 58.0 Å². The van der Waals surface area contributed by atoms with E-state index in [0.717, 1.165) is 0 Å². The molecule has 0 N–H and O–H groups in total. The number of benzene rings is 1. The van der Waals surface area contributed by atoms with Gasteiger partial charge in [0.05, 0.1) is 0 Å². The molecule has 1 aromatic carbocycles. The van der Waals surface area contributed by atoms with Gasteiger partial charge in [-0.3, -0.25) is 0 Å². The van der Waals surface area contributed by atoms with Crippen LogP contribution in [0.4, 0.5) is 0 Å². The molecule has 1 nitrogen and oxygen atoms in total. The zero-order valence-corrected chi connectivity index (χ0v) is 11.1. The Hall–Kier alpha value is 0.630. The topological polar surface area (TPSA) is 19.9 Å². The highest BCUT2D eigenvalue weighted by Gasteiger charge is 2.47. The van der Waals surface area contributed by atoms with Crippen LogP contribution in [0.1, 0.15) is 11.1 Å². The number of hydrogen-bond acceptors (Lipinski definition) is 0. The average molecular weight is 307 g/mol. The molecule has 0 aliphatic carbocycles. The van der Waals surface area contributed by atoms with E-state index in [1.807, 2.05) is 0 Å². The molecule has 0 aliphatic heterocycles. The molecule has 15 heavy (non-hydrogen) atoms. The molecule has 0 saturated heterocycles. The van der Waals surface area contributed by atoms with Gasteiger partial charge in [0.1, 0.15) is 6.61 Å². The third-order valence-corrected chi connectivity index (χ3v) is 4.25. The zero-order valence-electron chi connectivity index (χ0n) is 7.31. The average Bonchev–Trinajstić information content (AvgIpc) is 2.16. The Labute approximate surface area is 113 Å². The lowest BCUT2D eigenvalue weighted by Crippen LogP contribution is -2.28. The quantitative estimate of drug-likeness (QED) is 0.711. The van der Waals surface area contributed by atoms with Crippen molar-refractivity contribution in [3.05, 3.63) is 35.4 Å². The van der Waals surface area contributed by atoms with Gasteiger partial charge in [-0.1, -0.05) is 82.3 Å². The second-order valence-corrected chi connectivity index (χ2v) is 6.53. The molecule has 83 valence electrons. The number of hydrogen-bond donors (Lipinski definition) is 0. The van der Waals surface area contributed by atoms with Crippen molar-refractivity contribution in [1.82, 2.24) is 0 Å². The summed E-state index contributed by atoms with van der Waals surface area (Å²) in [6.07, 6.45) is 0. The van der Waals surface area contributed by atoms with E-state index in [2.05, 4.69) is 0 Å². The number of alkyl halides is 5. The lowest BCUT2D eigenvalue weighted by molar-refractivity contribution is 0.177. The summed E-state index contributed by atoms with van der Waals surface area (Å²) in [5.74, 6) is 0. The lowest BCUT2D eigenvalue weighted by atomic mass is 10.1. The predicted molar refractivity (Wildman–Crippen MR) is 64.5 cm³/mol. The van der Waals surface area contributed by atoms with Crippen molar-refractivity contribution in [2.24, 2.45) is 0 Å². The molecule has 0 atom stereocenters. The molecule has 6 heteroatoms. The van der Waals surface area contributed by atoms with Gasteiger partial charge in [-0.15, -0.1) is 0 Å². The molecule has 0 bridgehead atoms. The molecule has 0 spiro atoms. The third kappa shape index (κ3) is 3.06. The Bertz CT molecular complexity index is 345. The Morgan fingerprint density at radius 3 is 2.13 bits per heavy atom. The highest BCUT2D eigenvalue weighted by atomic mass is 35.6. The van der Waals surface area contributed by atoms with Crippen LogP contribution in [0.25, 0.3) is 0 Å². The SMILES string of the molecule is [O]Cc1cccc(C(Cl)(Cl)C(Cl)(Cl)Cl)c1. The maximum atomic E-state index is 10.7. The second kappa shape index (κ2) is 4.87. The van der Waals surface area contributed by atoms with Gasteiger partial charge in [-0.25, -0.2) is 5.11 Å². The van der Waals surface area contributed by atoms with E-state index in [1.165, 1.54) is 6.07 Å². The van der Waals surface area contributed by atoms with Crippen LogP contribution in [0.5, 0.6) is 0 Å². The van der Waals surface area contributed by atoms with Crippen LogP contribution in [0.2, 0.25) is 0 Å². The lowest BCUT2D eigenvalue weighted by Gasteiger charge is -2.27. The molecule has 0 heterocycles. The first-order chi connectivity index (χ1) is 6.79. The van der Waals surface area contributed by atoms with Gasteiger partial charge < -0.3 is 0 Å². The largest absolute Gasteiger partial charge is 0.232 e. The molecule has 1 rings (SSSR count). The van der Waals surface area contributed by atoms with Crippen LogP contribution in [-0.4, -0.2) is 3.79 Å². The van der Waals surface area contributed by atoms with E-state index in [9.17, 15) is 5.11 Å². The second-order valence-electron chi connectivity index (χ2n) is 2.92. The van der Waals surface area contributed by atoms with Crippen LogP contribution in [0, 0.1) is 0 Å². The molecule has 0 saturated carbocycles. The third-order valence-electron chi connectivity index (χ3n) is 1.81. The van der Waals surface area contributed by atoms with Gasteiger partial charge in [0.2, 0.25) is 3.79 Å². The Balaban J connectivity index is 3.15. The minimum Gasteiger partial charge on any atom is -0.232 e. The maximum Gasteiger partial charge on any atom is 0.227 e. The van der Waals surface area contributed by atoms with Crippen molar-refractivity contribution in [3.63, 3.8) is 0 Å². The summed E-state index contributed by atoms with van der Waals surface area (Å²) in [5, 5.41) is 10.7. The molecule has 1 radical (unpaired) electrons. The van der Waals surface area contributed by atoms with Crippen LogP contribution in [0.3, 0.4) is 0 Å². The molecule has 1 aromatic rings. The summed E-state index contributed by atoms with van der Waals surface area (Å²) >= 11 is 28.8. The Morgan fingerprint density at radius 1 is 1.07 bits per heavy atom. The summed E-state index contributed by atoms with van der Waals surface area (Å²) in [6, 6.07) is 6.41. The summed E-state index contributed by atoms with van der Waals surface area (Å²) in [6.45, 7) is -0.377. The van der Waals surface area contributed by atoms with Crippen LogP contribution in [0.15, 0.2) is 24.3 Å². The fourth-order valence-electron chi connectivity index (χ4n) is 1.02. The van der Waals surface area contributed by atoms with Crippen molar-refractivity contribution in [2.75, 3.05) is 0 Å². The Kier molecular flexibility index (Phi) is 4.44. The fraction of sp³-hybridized carbons (Fsp3) is 0.333. The minimum atomic E-state index is -1.86. The van der Waals surface area contributed by atoms with Gasteiger partial charge in [0.15, 0.2) is 4.33 Å². The van der Waals surface area contributed by atoms with Crippen molar-refractivity contribution in [1.29, 1.82) is 0 Å². The molecule has 0 aromatic heterocycles. The van der Waals surface area contributed by atoms with Crippen molar-refractivity contribution < 1.29 is 5.11 Å².